The highest BCUT2D eigenvalue weighted by molar-refractivity contribution is 6.31. The van der Waals surface area contributed by atoms with Gasteiger partial charge in [0.2, 0.25) is 11.8 Å². The molecule has 3 amide bonds. The number of fused-ring (bicyclic) bond motifs is 1. The zero-order valence-electron chi connectivity index (χ0n) is 20.4. The smallest absolute Gasteiger partial charge is 0.337 e. The molecular formula is C27H25ClN4O6. The molecule has 196 valence electrons. The van der Waals surface area contributed by atoms with Crippen LogP contribution in [0.15, 0.2) is 60.8 Å². The zero-order chi connectivity index (χ0) is 27.2. The topological polar surface area (TPSA) is 138 Å². The van der Waals surface area contributed by atoms with E-state index in [9.17, 15) is 24.3 Å². The quantitative estimate of drug-likeness (QED) is 0.380. The van der Waals surface area contributed by atoms with Gasteiger partial charge in [0, 0.05) is 37.0 Å². The second-order valence-electron chi connectivity index (χ2n) is 8.63. The number of carbonyl (C=O) groups excluding carboxylic acids is 3. The van der Waals surface area contributed by atoms with Crippen LogP contribution in [-0.2, 0) is 27.3 Å². The Morgan fingerprint density at radius 2 is 1.97 bits per heavy atom. The van der Waals surface area contributed by atoms with E-state index in [2.05, 4.69) is 15.6 Å². The lowest BCUT2D eigenvalue weighted by atomic mass is 10.0. The first kappa shape index (κ1) is 26.8. The van der Waals surface area contributed by atoms with Gasteiger partial charge in [-0.05, 0) is 48.0 Å². The molecule has 0 saturated heterocycles. The molecule has 0 aliphatic carbocycles. The maximum Gasteiger partial charge on any atom is 0.337 e. The second-order valence-corrected chi connectivity index (χ2v) is 9.07. The molecule has 3 aromatic rings. The van der Waals surface area contributed by atoms with E-state index in [4.69, 9.17) is 16.3 Å². The van der Waals surface area contributed by atoms with E-state index in [0.717, 1.165) is 0 Å². The Hall–Kier alpha value is -4.28. The van der Waals surface area contributed by atoms with Crippen LogP contribution in [-0.4, -0.2) is 58.4 Å². The Labute approximate surface area is 223 Å². The molecule has 1 atom stereocenters. The summed E-state index contributed by atoms with van der Waals surface area (Å²) in [5.41, 5.74) is 1.67. The SMILES string of the molecule is COCCC(=O)Nc1cc(CN2C(=O)c3ccc(Cl)cc3NC(=O)[C@H]2Cc2ccccn2)ccc1C(=O)O. The van der Waals surface area contributed by atoms with Crippen molar-refractivity contribution >= 4 is 46.7 Å². The van der Waals surface area contributed by atoms with E-state index in [1.807, 2.05) is 0 Å². The third kappa shape index (κ3) is 6.16. The number of carboxylic acids is 1. The summed E-state index contributed by atoms with van der Waals surface area (Å²) in [7, 11) is 1.46. The molecule has 0 radical (unpaired) electrons. The van der Waals surface area contributed by atoms with Gasteiger partial charge in [-0.25, -0.2) is 4.79 Å². The number of ether oxygens (including phenoxy) is 1. The van der Waals surface area contributed by atoms with Crippen LogP contribution in [0.4, 0.5) is 11.4 Å². The molecule has 1 aliphatic heterocycles. The first-order valence-electron chi connectivity index (χ1n) is 11.7. The predicted molar refractivity (Wildman–Crippen MR) is 140 cm³/mol. The van der Waals surface area contributed by atoms with Crippen molar-refractivity contribution in [2.24, 2.45) is 0 Å². The summed E-state index contributed by atoms with van der Waals surface area (Å²) in [6.45, 7) is 0.136. The number of carbonyl (C=O) groups is 4. The molecule has 0 unspecified atom stereocenters. The van der Waals surface area contributed by atoms with E-state index < -0.39 is 29.7 Å². The number of halogens is 1. The fraction of sp³-hybridized carbons (Fsp3) is 0.222. The van der Waals surface area contributed by atoms with Crippen LogP contribution in [0.25, 0.3) is 0 Å². The van der Waals surface area contributed by atoms with Crippen molar-refractivity contribution in [3.8, 4) is 0 Å². The number of hydrogen-bond donors (Lipinski definition) is 3. The molecule has 11 heteroatoms. The molecule has 10 nitrogen and oxygen atoms in total. The van der Waals surface area contributed by atoms with Crippen LogP contribution in [0.1, 0.15) is 38.4 Å². The first-order chi connectivity index (χ1) is 18.3. The number of nitrogens with one attached hydrogen (secondary N) is 2. The minimum Gasteiger partial charge on any atom is -0.478 e. The van der Waals surface area contributed by atoms with Crippen LogP contribution < -0.4 is 10.6 Å². The molecule has 1 aliphatic rings. The van der Waals surface area contributed by atoms with Crippen LogP contribution in [0.2, 0.25) is 5.02 Å². The maximum absolute atomic E-state index is 13.7. The number of methoxy groups -OCH3 is 1. The van der Waals surface area contributed by atoms with Gasteiger partial charge in [-0.2, -0.15) is 0 Å². The molecule has 38 heavy (non-hydrogen) atoms. The Bertz CT molecular complexity index is 1380. The number of anilines is 2. The van der Waals surface area contributed by atoms with Crippen molar-refractivity contribution in [3.63, 3.8) is 0 Å². The molecule has 3 N–H and O–H groups in total. The Kier molecular flexibility index (Phi) is 8.35. The van der Waals surface area contributed by atoms with Gasteiger partial charge in [0.15, 0.2) is 0 Å². The van der Waals surface area contributed by atoms with Crippen molar-refractivity contribution in [3.05, 3.63) is 88.2 Å². The number of aromatic carboxylic acids is 1. The summed E-state index contributed by atoms with van der Waals surface area (Å²) >= 11 is 6.11. The van der Waals surface area contributed by atoms with Crippen LogP contribution in [0, 0.1) is 0 Å². The lowest BCUT2D eigenvalue weighted by Gasteiger charge is -2.29. The number of amides is 3. The molecule has 4 rings (SSSR count). The van der Waals surface area contributed by atoms with Crippen molar-refractivity contribution < 1.29 is 29.0 Å². The average molecular weight is 537 g/mol. The van der Waals surface area contributed by atoms with Gasteiger partial charge in [-0.1, -0.05) is 23.7 Å². The average Bonchev–Trinajstić information content (AvgIpc) is 2.98. The van der Waals surface area contributed by atoms with Gasteiger partial charge < -0.3 is 25.4 Å². The van der Waals surface area contributed by atoms with Gasteiger partial charge in [-0.3, -0.25) is 19.4 Å². The van der Waals surface area contributed by atoms with Gasteiger partial charge in [0.25, 0.3) is 5.91 Å². The van der Waals surface area contributed by atoms with E-state index >= 15 is 0 Å². The standard InChI is InChI=1S/C27H25ClN4O6/c1-38-11-9-24(33)30-21-12-16(5-7-20(21)27(36)37)15-32-23(14-18-4-2-3-10-29-18)25(34)31-22-13-17(28)6-8-19(22)26(32)35/h2-8,10,12-13,23H,9,11,14-15H2,1H3,(H,30,33)(H,31,34)(H,36,37)/t23-/m1/s1. The highest BCUT2D eigenvalue weighted by atomic mass is 35.5. The molecule has 1 aromatic heterocycles. The molecule has 2 aromatic carbocycles. The molecule has 0 bridgehead atoms. The summed E-state index contributed by atoms with van der Waals surface area (Å²) in [5.74, 6) is -2.47. The summed E-state index contributed by atoms with van der Waals surface area (Å²) in [6.07, 6.45) is 1.79. The summed E-state index contributed by atoms with van der Waals surface area (Å²) in [4.78, 5) is 56.9. The second kappa shape index (κ2) is 11.8. The Morgan fingerprint density at radius 3 is 2.68 bits per heavy atom. The largest absolute Gasteiger partial charge is 0.478 e. The minimum atomic E-state index is -1.22. The number of carboxylic acid groups (broad SMARTS) is 1. The predicted octanol–water partition coefficient (Wildman–Crippen LogP) is 3.61. The van der Waals surface area contributed by atoms with E-state index in [-0.39, 0.29) is 42.8 Å². The highest BCUT2D eigenvalue weighted by Crippen LogP contribution is 2.29. The lowest BCUT2D eigenvalue weighted by Crippen LogP contribution is -2.46. The summed E-state index contributed by atoms with van der Waals surface area (Å²) < 4.78 is 4.91. The summed E-state index contributed by atoms with van der Waals surface area (Å²) in [5, 5.41) is 15.4. The highest BCUT2D eigenvalue weighted by Gasteiger charge is 2.36. The van der Waals surface area contributed by atoms with Crippen LogP contribution >= 0.6 is 11.6 Å². The molecular weight excluding hydrogens is 512 g/mol. The number of benzene rings is 2. The van der Waals surface area contributed by atoms with Crippen molar-refractivity contribution in [2.75, 3.05) is 24.4 Å². The number of rotatable bonds is 9. The van der Waals surface area contributed by atoms with E-state index in [0.29, 0.717) is 22.0 Å². The van der Waals surface area contributed by atoms with Crippen molar-refractivity contribution in [1.82, 2.24) is 9.88 Å². The Balaban J connectivity index is 1.72. The van der Waals surface area contributed by atoms with Gasteiger partial charge >= 0.3 is 5.97 Å². The van der Waals surface area contributed by atoms with Gasteiger partial charge in [0.05, 0.1) is 35.5 Å². The van der Waals surface area contributed by atoms with Crippen LogP contribution in [0.3, 0.4) is 0 Å². The number of hydrogen-bond acceptors (Lipinski definition) is 6. The van der Waals surface area contributed by atoms with E-state index in [1.165, 1.54) is 30.2 Å². The van der Waals surface area contributed by atoms with Crippen molar-refractivity contribution in [2.45, 2.75) is 25.4 Å². The zero-order valence-corrected chi connectivity index (χ0v) is 21.2. The van der Waals surface area contributed by atoms with Crippen LogP contribution in [0.5, 0.6) is 0 Å². The number of nitrogens with zero attached hydrogens (tertiary/aromatic N) is 2. The minimum absolute atomic E-state index is 0.0351. The molecule has 0 fully saturated rings. The third-order valence-corrected chi connectivity index (χ3v) is 6.25. The summed E-state index contributed by atoms with van der Waals surface area (Å²) in [6, 6.07) is 13.4. The third-order valence-electron chi connectivity index (χ3n) is 6.01. The fourth-order valence-corrected chi connectivity index (χ4v) is 4.32. The van der Waals surface area contributed by atoms with Gasteiger partial charge in [-0.15, -0.1) is 0 Å². The van der Waals surface area contributed by atoms with Gasteiger partial charge in [0.1, 0.15) is 6.04 Å². The van der Waals surface area contributed by atoms with Crippen molar-refractivity contribution in [1.29, 1.82) is 0 Å². The normalized spacial score (nSPS) is 14.9. The maximum atomic E-state index is 13.7. The number of aromatic nitrogens is 1. The van der Waals surface area contributed by atoms with E-state index in [1.54, 1.807) is 42.6 Å². The lowest BCUT2D eigenvalue weighted by molar-refractivity contribution is -0.120. The monoisotopic (exact) mass is 536 g/mol. The molecule has 2 heterocycles. The molecule has 0 saturated carbocycles. The Morgan fingerprint density at radius 1 is 1.16 bits per heavy atom. The first-order valence-corrected chi connectivity index (χ1v) is 12.1. The molecule has 0 spiro atoms. The number of pyridine rings is 1. The fourth-order valence-electron chi connectivity index (χ4n) is 4.15.